The minimum Gasteiger partial charge on any atom is -0.480 e. The summed E-state index contributed by atoms with van der Waals surface area (Å²) in [4.78, 5) is 54.0. The molecule has 27 heavy (non-hydrogen) atoms. The minimum atomic E-state index is -1.19. The van der Waals surface area contributed by atoms with Crippen LogP contribution in [0.3, 0.4) is 0 Å². The zero-order valence-electron chi connectivity index (χ0n) is 14.9. The van der Waals surface area contributed by atoms with Crippen molar-refractivity contribution < 1.29 is 24.3 Å². The molecule has 0 aromatic carbocycles. The summed E-state index contributed by atoms with van der Waals surface area (Å²) in [6, 6.07) is -2.42. The Hall–Kier alpha value is -2.95. The average Bonchev–Trinajstić information content (AvgIpc) is 3.32. The number of carboxylic acid groups (broad SMARTS) is 1. The fourth-order valence-electron chi connectivity index (χ4n) is 2.65. The maximum atomic E-state index is 12.3. The summed E-state index contributed by atoms with van der Waals surface area (Å²) < 4.78 is 0. The van der Waals surface area contributed by atoms with Crippen molar-refractivity contribution in [2.75, 3.05) is 13.1 Å². The van der Waals surface area contributed by atoms with E-state index in [1.165, 1.54) is 19.4 Å². The summed E-state index contributed by atoms with van der Waals surface area (Å²) in [6.45, 7) is 1.81. The standard InChI is InChI=1S/C16H24N6O5/c1-9(16(26)27)21-15(25)12(5-10-6-17-8-20-10)22-13(23)7-19-14(24)11-3-2-4-18-11/h6,8-9,11-12,18H,2-5,7H2,1H3,(H,17,20)(H,19,24)(H,21,25)(H,22,23)(H,26,27). The molecule has 0 bridgehead atoms. The highest BCUT2D eigenvalue weighted by Gasteiger charge is 2.26. The fraction of sp³-hybridized carbons (Fsp3) is 0.562. The number of carboxylic acids is 1. The number of nitrogens with zero attached hydrogens (tertiary/aromatic N) is 1. The minimum absolute atomic E-state index is 0.0992. The zero-order chi connectivity index (χ0) is 19.8. The summed E-state index contributed by atoms with van der Waals surface area (Å²) in [5.41, 5.74) is 0.595. The van der Waals surface area contributed by atoms with Gasteiger partial charge in [0.1, 0.15) is 12.1 Å². The number of amides is 3. The molecule has 3 amide bonds. The molecular weight excluding hydrogens is 356 g/mol. The van der Waals surface area contributed by atoms with Crippen LogP contribution in [0.2, 0.25) is 0 Å². The van der Waals surface area contributed by atoms with E-state index in [0.29, 0.717) is 12.1 Å². The molecule has 0 spiro atoms. The lowest BCUT2D eigenvalue weighted by atomic mass is 10.1. The average molecular weight is 380 g/mol. The summed E-state index contributed by atoms with van der Waals surface area (Å²) in [5.74, 6) is -2.65. The molecule has 1 aliphatic rings. The number of aromatic amines is 1. The third kappa shape index (κ3) is 6.37. The summed E-state index contributed by atoms with van der Waals surface area (Å²) in [5, 5.41) is 19.3. The van der Waals surface area contributed by atoms with Crippen molar-refractivity contribution in [3.05, 3.63) is 18.2 Å². The first-order valence-corrected chi connectivity index (χ1v) is 8.67. The second-order valence-corrected chi connectivity index (χ2v) is 6.34. The van der Waals surface area contributed by atoms with Crippen molar-refractivity contribution in [1.29, 1.82) is 0 Å². The van der Waals surface area contributed by atoms with Gasteiger partial charge in [0.05, 0.1) is 18.9 Å². The van der Waals surface area contributed by atoms with E-state index in [1.807, 2.05) is 0 Å². The normalized spacial score (nSPS) is 18.3. The number of aliphatic carboxylic acids is 1. The van der Waals surface area contributed by atoms with E-state index >= 15 is 0 Å². The van der Waals surface area contributed by atoms with E-state index in [0.717, 1.165) is 13.0 Å². The van der Waals surface area contributed by atoms with Gasteiger partial charge >= 0.3 is 5.97 Å². The van der Waals surface area contributed by atoms with Crippen LogP contribution >= 0.6 is 0 Å². The van der Waals surface area contributed by atoms with Gasteiger partial charge < -0.3 is 31.4 Å². The van der Waals surface area contributed by atoms with Crippen LogP contribution in [0.15, 0.2) is 12.5 Å². The summed E-state index contributed by atoms with van der Waals surface area (Å²) in [7, 11) is 0. The molecule has 1 fully saturated rings. The van der Waals surface area contributed by atoms with Crippen LogP contribution in [0.5, 0.6) is 0 Å². The monoisotopic (exact) mass is 380 g/mol. The number of nitrogens with one attached hydrogen (secondary N) is 5. The van der Waals surface area contributed by atoms with Gasteiger partial charge in [0.15, 0.2) is 0 Å². The molecule has 1 aromatic rings. The molecule has 1 aromatic heterocycles. The molecule has 148 valence electrons. The smallest absolute Gasteiger partial charge is 0.325 e. The van der Waals surface area contributed by atoms with Crippen molar-refractivity contribution in [2.24, 2.45) is 0 Å². The number of rotatable bonds is 9. The molecule has 2 heterocycles. The molecule has 0 aliphatic carbocycles. The van der Waals surface area contributed by atoms with Crippen LogP contribution in [-0.4, -0.2) is 70.0 Å². The Morgan fingerprint density at radius 2 is 2.11 bits per heavy atom. The maximum absolute atomic E-state index is 12.3. The van der Waals surface area contributed by atoms with Crippen LogP contribution in [0.4, 0.5) is 0 Å². The molecule has 0 saturated carbocycles. The van der Waals surface area contributed by atoms with Gasteiger partial charge in [-0.25, -0.2) is 4.98 Å². The van der Waals surface area contributed by atoms with Crippen LogP contribution in [0.25, 0.3) is 0 Å². The lowest BCUT2D eigenvalue weighted by Gasteiger charge is -2.20. The molecule has 11 nitrogen and oxygen atoms in total. The number of imidazole rings is 1. The topological polar surface area (TPSA) is 165 Å². The Labute approximate surface area is 155 Å². The number of hydrogen-bond acceptors (Lipinski definition) is 6. The van der Waals surface area contributed by atoms with Crippen molar-refractivity contribution in [2.45, 2.75) is 44.3 Å². The largest absolute Gasteiger partial charge is 0.480 e. The van der Waals surface area contributed by atoms with Gasteiger partial charge in [-0.1, -0.05) is 0 Å². The number of carbonyl (C=O) groups excluding carboxylic acids is 3. The summed E-state index contributed by atoms with van der Waals surface area (Å²) in [6.07, 6.45) is 4.65. The number of aromatic nitrogens is 2. The molecule has 3 atom stereocenters. The van der Waals surface area contributed by atoms with Gasteiger partial charge in [0, 0.05) is 18.3 Å². The SMILES string of the molecule is CC(NC(=O)C(Cc1cnc[nH]1)NC(=O)CNC(=O)C1CCCN1)C(=O)O. The van der Waals surface area contributed by atoms with Crippen molar-refractivity contribution in [1.82, 2.24) is 31.2 Å². The van der Waals surface area contributed by atoms with E-state index in [-0.39, 0.29) is 24.9 Å². The van der Waals surface area contributed by atoms with Gasteiger partial charge in [0.25, 0.3) is 0 Å². The molecule has 3 unspecified atom stereocenters. The highest BCUT2D eigenvalue weighted by Crippen LogP contribution is 2.04. The molecule has 2 rings (SSSR count). The fourth-order valence-corrected chi connectivity index (χ4v) is 2.65. The van der Waals surface area contributed by atoms with Crippen LogP contribution < -0.4 is 21.3 Å². The third-order valence-corrected chi connectivity index (χ3v) is 4.16. The Balaban J connectivity index is 1.91. The van der Waals surface area contributed by atoms with Gasteiger partial charge in [-0.3, -0.25) is 19.2 Å². The highest BCUT2D eigenvalue weighted by molar-refractivity contribution is 5.92. The van der Waals surface area contributed by atoms with Crippen molar-refractivity contribution >= 4 is 23.7 Å². The van der Waals surface area contributed by atoms with Crippen LogP contribution in [0, 0.1) is 0 Å². The molecule has 0 radical (unpaired) electrons. The molecular formula is C16H24N6O5. The van der Waals surface area contributed by atoms with Gasteiger partial charge in [0.2, 0.25) is 17.7 Å². The van der Waals surface area contributed by atoms with Crippen molar-refractivity contribution in [3.8, 4) is 0 Å². The first-order chi connectivity index (χ1) is 12.9. The Morgan fingerprint density at radius 3 is 2.70 bits per heavy atom. The van der Waals surface area contributed by atoms with E-state index in [4.69, 9.17) is 5.11 Å². The Kier molecular flexibility index (Phi) is 7.29. The molecule has 1 aliphatic heterocycles. The van der Waals surface area contributed by atoms with Crippen molar-refractivity contribution in [3.63, 3.8) is 0 Å². The van der Waals surface area contributed by atoms with Gasteiger partial charge in [-0.2, -0.15) is 0 Å². The van der Waals surface area contributed by atoms with Crippen LogP contribution in [0.1, 0.15) is 25.5 Å². The van der Waals surface area contributed by atoms with Crippen LogP contribution in [-0.2, 0) is 25.6 Å². The lowest BCUT2D eigenvalue weighted by molar-refractivity contribution is -0.141. The zero-order valence-corrected chi connectivity index (χ0v) is 14.9. The van der Waals surface area contributed by atoms with Gasteiger partial charge in [-0.05, 0) is 26.3 Å². The Bertz CT molecular complexity index is 671. The molecule has 6 N–H and O–H groups in total. The number of H-pyrrole nitrogens is 1. The molecule has 1 saturated heterocycles. The quantitative estimate of drug-likeness (QED) is 0.285. The van der Waals surface area contributed by atoms with E-state index in [2.05, 4.69) is 31.2 Å². The Morgan fingerprint density at radius 1 is 1.33 bits per heavy atom. The highest BCUT2D eigenvalue weighted by atomic mass is 16.4. The first kappa shape index (κ1) is 20.4. The second kappa shape index (κ2) is 9.67. The number of carbonyl (C=O) groups is 4. The van der Waals surface area contributed by atoms with Gasteiger partial charge in [-0.15, -0.1) is 0 Å². The molecule has 11 heteroatoms. The number of hydrogen-bond donors (Lipinski definition) is 6. The lowest BCUT2D eigenvalue weighted by Crippen LogP contribution is -2.54. The summed E-state index contributed by atoms with van der Waals surface area (Å²) >= 11 is 0. The predicted octanol–water partition coefficient (Wildman–Crippen LogP) is -2.11. The maximum Gasteiger partial charge on any atom is 0.325 e. The van der Waals surface area contributed by atoms with E-state index in [9.17, 15) is 19.2 Å². The second-order valence-electron chi connectivity index (χ2n) is 6.34. The van der Waals surface area contributed by atoms with E-state index < -0.39 is 29.9 Å². The van der Waals surface area contributed by atoms with E-state index in [1.54, 1.807) is 0 Å². The first-order valence-electron chi connectivity index (χ1n) is 8.67. The third-order valence-electron chi connectivity index (χ3n) is 4.16. The predicted molar refractivity (Wildman–Crippen MR) is 93.5 cm³/mol.